The van der Waals surface area contributed by atoms with Gasteiger partial charge in [0, 0.05) is 17.6 Å². The fraction of sp³-hybridized carbons (Fsp3) is 0.143. The van der Waals surface area contributed by atoms with E-state index in [9.17, 15) is 14.9 Å². The van der Waals surface area contributed by atoms with Crippen LogP contribution in [0.4, 0.5) is 5.00 Å². The van der Waals surface area contributed by atoms with Gasteiger partial charge in [-0.15, -0.1) is 0 Å². The van der Waals surface area contributed by atoms with E-state index >= 15 is 0 Å². The summed E-state index contributed by atoms with van der Waals surface area (Å²) in [6, 6.07) is 6.10. The molecule has 1 amide bonds. The highest BCUT2D eigenvalue weighted by atomic mass is 35.5. The molecular weight excluding hydrogens is 393 g/mol. The summed E-state index contributed by atoms with van der Waals surface area (Å²) < 4.78 is 2.64. The van der Waals surface area contributed by atoms with Crippen LogP contribution in [0.2, 0.25) is 10.0 Å². The number of rotatable bonds is 3. The zero-order chi connectivity index (χ0) is 17.4. The number of thiazole rings is 1. The molecule has 0 N–H and O–H groups in total. The van der Waals surface area contributed by atoms with E-state index in [0.717, 1.165) is 21.6 Å². The second kappa shape index (κ2) is 6.64. The molecule has 0 fully saturated rings. The van der Waals surface area contributed by atoms with Crippen LogP contribution >= 0.6 is 45.9 Å². The monoisotopic (exact) mass is 401 g/mol. The molecule has 10 heteroatoms. The molecule has 124 valence electrons. The summed E-state index contributed by atoms with van der Waals surface area (Å²) in [4.78, 5) is 27.3. The summed E-state index contributed by atoms with van der Waals surface area (Å²) in [6.45, 7) is 2.48. The van der Waals surface area contributed by atoms with E-state index < -0.39 is 10.8 Å². The first-order valence-electron chi connectivity index (χ1n) is 6.72. The standard InChI is InChI=1S/C14H9Cl2N3O3S2/c1-2-18-12-8(16)5-7(15)6-10(12)24-14(18)17-13(20)9-3-4-11(23-9)19(21)22/h3-6H,2H2,1H3. The normalized spacial score (nSPS) is 12.0. The number of carbonyl (C=O) groups is 1. The third kappa shape index (κ3) is 3.10. The quantitative estimate of drug-likeness (QED) is 0.469. The molecule has 2 heterocycles. The number of aryl methyl sites for hydroxylation is 1. The van der Waals surface area contributed by atoms with Crippen molar-refractivity contribution in [2.45, 2.75) is 13.5 Å². The number of benzene rings is 1. The molecule has 0 atom stereocenters. The van der Waals surface area contributed by atoms with Gasteiger partial charge in [-0.1, -0.05) is 45.9 Å². The molecule has 0 radical (unpaired) electrons. The van der Waals surface area contributed by atoms with E-state index in [1.54, 1.807) is 12.1 Å². The average Bonchev–Trinajstić information content (AvgIpc) is 3.11. The van der Waals surface area contributed by atoms with Gasteiger partial charge in [-0.2, -0.15) is 4.99 Å². The fourth-order valence-electron chi connectivity index (χ4n) is 2.19. The van der Waals surface area contributed by atoms with Crippen LogP contribution in [-0.4, -0.2) is 15.4 Å². The lowest BCUT2D eigenvalue weighted by molar-refractivity contribution is -0.380. The van der Waals surface area contributed by atoms with Crippen LogP contribution in [-0.2, 0) is 6.54 Å². The smallest absolute Gasteiger partial charge is 0.315 e. The molecule has 0 saturated carbocycles. The van der Waals surface area contributed by atoms with Gasteiger partial charge in [0.2, 0.25) is 0 Å². The zero-order valence-electron chi connectivity index (χ0n) is 12.2. The maximum atomic E-state index is 12.3. The molecular formula is C14H9Cl2N3O3S2. The molecule has 6 nitrogen and oxygen atoms in total. The first kappa shape index (κ1) is 17.1. The van der Waals surface area contributed by atoms with Crippen LogP contribution in [0.5, 0.6) is 0 Å². The third-order valence-corrected chi connectivity index (χ3v) is 5.75. The highest BCUT2D eigenvalue weighted by molar-refractivity contribution is 7.17. The van der Waals surface area contributed by atoms with Crippen molar-refractivity contribution in [3.05, 3.63) is 54.1 Å². The third-order valence-electron chi connectivity index (χ3n) is 3.19. The Morgan fingerprint density at radius 2 is 2.08 bits per heavy atom. The number of thiophene rings is 1. The van der Waals surface area contributed by atoms with Crippen molar-refractivity contribution in [3.8, 4) is 0 Å². The van der Waals surface area contributed by atoms with E-state index in [4.69, 9.17) is 23.2 Å². The molecule has 0 saturated heterocycles. The molecule has 0 aliphatic rings. The average molecular weight is 402 g/mol. The Bertz CT molecular complexity index is 1040. The SMILES string of the molecule is CCn1c(=NC(=O)c2ccc([N+](=O)[O-])s2)sc2cc(Cl)cc(Cl)c21. The first-order chi connectivity index (χ1) is 11.4. The Kier molecular flexibility index (Phi) is 4.73. The number of nitrogens with zero attached hydrogens (tertiary/aromatic N) is 3. The van der Waals surface area contributed by atoms with Gasteiger partial charge >= 0.3 is 5.00 Å². The number of amides is 1. The number of aromatic nitrogens is 1. The molecule has 2 aromatic heterocycles. The molecule has 3 aromatic rings. The predicted molar refractivity (Wildman–Crippen MR) is 96.4 cm³/mol. The maximum Gasteiger partial charge on any atom is 0.324 e. The Morgan fingerprint density at radius 3 is 2.71 bits per heavy atom. The summed E-state index contributed by atoms with van der Waals surface area (Å²) in [7, 11) is 0. The van der Waals surface area contributed by atoms with Gasteiger partial charge in [0.05, 0.1) is 20.2 Å². The molecule has 24 heavy (non-hydrogen) atoms. The van der Waals surface area contributed by atoms with Crippen LogP contribution in [0.25, 0.3) is 10.2 Å². The van der Waals surface area contributed by atoms with Crippen molar-refractivity contribution in [3.63, 3.8) is 0 Å². The van der Waals surface area contributed by atoms with E-state index in [1.807, 2.05) is 11.5 Å². The molecule has 0 spiro atoms. The molecule has 0 aliphatic carbocycles. The number of halogens is 2. The summed E-state index contributed by atoms with van der Waals surface area (Å²) in [5.74, 6) is -0.524. The predicted octanol–water partition coefficient (Wildman–Crippen LogP) is 4.74. The number of nitro groups is 1. The van der Waals surface area contributed by atoms with Crippen LogP contribution < -0.4 is 4.80 Å². The summed E-state index contributed by atoms with van der Waals surface area (Å²) in [5.41, 5.74) is 0.761. The lowest BCUT2D eigenvalue weighted by Crippen LogP contribution is -2.15. The molecule has 1 aromatic carbocycles. The summed E-state index contributed by atoms with van der Waals surface area (Å²) in [6.07, 6.45) is 0. The largest absolute Gasteiger partial charge is 0.324 e. The van der Waals surface area contributed by atoms with Crippen molar-refractivity contribution >= 4 is 67.0 Å². The minimum absolute atomic E-state index is 0.0944. The summed E-state index contributed by atoms with van der Waals surface area (Å²) >= 11 is 14.4. The van der Waals surface area contributed by atoms with Gasteiger partial charge in [-0.3, -0.25) is 14.9 Å². The maximum absolute atomic E-state index is 12.3. The second-order valence-corrected chi connectivity index (χ2v) is 7.59. The topological polar surface area (TPSA) is 77.5 Å². The van der Waals surface area contributed by atoms with Crippen molar-refractivity contribution in [2.75, 3.05) is 0 Å². The molecule has 3 rings (SSSR count). The number of hydrogen-bond acceptors (Lipinski definition) is 5. The number of carbonyl (C=O) groups excluding carboxylic acids is 1. The first-order valence-corrected chi connectivity index (χ1v) is 9.11. The Balaban J connectivity index is 2.13. The van der Waals surface area contributed by atoms with E-state index in [2.05, 4.69) is 4.99 Å². The highest BCUT2D eigenvalue weighted by Gasteiger charge is 2.16. The number of fused-ring (bicyclic) bond motifs is 1. The minimum atomic E-state index is -0.533. The van der Waals surface area contributed by atoms with E-state index in [0.29, 0.717) is 21.4 Å². The van der Waals surface area contributed by atoms with Gasteiger partial charge in [0.15, 0.2) is 4.80 Å². The Morgan fingerprint density at radius 1 is 1.33 bits per heavy atom. The van der Waals surface area contributed by atoms with Crippen molar-refractivity contribution in [2.24, 2.45) is 4.99 Å². The van der Waals surface area contributed by atoms with Gasteiger partial charge < -0.3 is 4.57 Å². The fourth-order valence-corrected chi connectivity index (χ4v) is 4.77. The second-order valence-electron chi connectivity index (χ2n) is 4.68. The summed E-state index contributed by atoms with van der Waals surface area (Å²) in [5, 5.41) is 11.6. The van der Waals surface area contributed by atoms with Gasteiger partial charge in [-0.05, 0) is 25.1 Å². The molecule has 0 unspecified atom stereocenters. The lowest BCUT2D eigenvalue weighted by Gasteiger charge is -2.02. The zero-order valence-corrected chi connectivity index (χ0v) is 15.3. The lowest BCUT2D eigenvalue weighted by atomic mass is 10.3. The van der Waals surface area contributed by atoms with Crippen LogP contribution in [0.15, 0.2) is 29.3 Å². The Hall–Kier alpha value is -1.74. The minimum Gasteiger partial charge on any atom is -0.315 e. The van der Waals surface area contributed by atoms with Gasteiger partial charge in [0.1, 0.15) is 4.88 Å². The Labute approximate surface area is 153 Å². The van der Waals surface area contributed by atoms with Crippen LogP contribution in [0.3, 0.4) is 0 Å². The van der Waals surface area contributed by atoms with Gasteiger partial charge in [-0.25, -0.2) is 0 Å². The van der Waals surface area contributed by atoms with Gasteiger partial charge in [0.25, 0.3) is 5.91 Å². The van der Waals surface area contributed by atoms with E-state index in [-0.39, 0.29) is 9.88 Å². The van der Waals surface area contributed by atoms with Crippen LogP contribution in [0.1, 0.15) is 16.6 Å². The van der Waals surface area contributed by atoms with Crippen LogP contribution in [0, 0.1) is 10.1 Å². The van der Waals surface area contributed by atoms with Crippen molar-refractivity contribution in [1.82, 2.24) is 4.57 Å². The number of hydrogen-bond donors (Lipinski definition) is 0. The van der Waals surface area contributed by atoms with Crippen molar-refractivity contribution in [1.29, 1.82) is 0 Å². The van der Waals surface area contributed by atoms with Crippen molar-refractivity contribution < 1.29 is 9.72 Å². The molecule has 0 aliphatic heterocycles. The highest BCUT2D eigenvalue weighted by Crippen LogP contribution is 2.30. The molecule has 0 bridgehead atoms. The van der Waals surface area contributed by atoms with E-state index in [1.165, 1.54) is 23.5 Å².